The molecule has 0 aliphatic carbocycles. The fourth-order valence-electron chi connectivity index (χ4n) is 0.820. The van der Waals surface area contributed by atoms with Crippen molar-refractivity contribution in [2.75, 3.05) is 0 Å². The lowest BCUT2D eigenvalue weighted by Crippen LogP contribution is -1.94. The van der Waals surface area contributed by atoms with E-state index < -0.39 is 10.7 Å². The van der Waals surface area contributed by atoms with Gasteiger partial charge in [0.05, 0.1) is 21.3 Å². The molecule has 0 unspecified atom stereocenters. The molecule has 0 fully saturated rings. The van der Waals surface area contributed by atoms with E-state index in [4.69, 9.17) is 11.6 Å². The Morgan fingerprint density at radius 3 is 2.69 bits per heavy atom. The zero-order valence-electron chi connectivity index (χ0n) is 6.26. The molecular weight excluding hydrogens is 264 g/mol. The lowest BCUT2D eigenvalue weighted by Gasteiger charge is -2.00. The molecule has 0 radical (unpaired) electrons. The number of hydrogen-bond acceptors (Lipinski definition) is 2. The molecule has 1 aromatic rings. The van der Waals surface area contributed by atoms with Crippen molar-refractivity contribution >= 4 is 33.2 Å². The Labute approximate surface area is 86.8 Å². The summed E-state index contributed by atoms with van der Waals surface area (Å²) in [6.07, 6.45) is 0. The van der Waals surface area contributed by atoms with Crippen molar-refractivity contribution < 1.29 is 9.31 Å². The maximum absolute atomic E-state index is 13.0. The van der Waals surface area contributed by atoms with Crippen LogP contribution < -0.4 is 0 Å². The number of nitro benzene ring substituents is 1. The van der Waals surface area contributed by atoms with Crippen LogP contribution in [0.2, 0.25) is 0 Å². The van der Waals surface area contributed by atoms with Crippen LogP contribution in [0.1, 0.15) is 5.56 Å². The Morgan fingerprint density at radius 2 is 2.23 bits per heavy atom. The number of benzene rings is 1. The summed E-state index contributed by atoms with van der Waals surface area (Å²) in [5, 5.41) is 10.3. The van der Waals surface area contributed by atoms with Gasteiger partial charge >= 0.3 is 0 Å². The van der Waals surface area contributed by atoms with Crippen LogP contribution in [-0.2, 0) is 5.88 Å². The zero-order valence-corrected chi connectivity index (χ0v) is 8.60. The van der Waals surface area contributed by atoms with Gasteiger partial charge in [0, 0.05) is 5.56 Å². The van der Waals surface area contributed by atoms with Gasteiger partial charge in [-0.3, -0.25) is 10.1 Å². The Balaban J connectivity index is 3.28. The summed E-state index contributed by atoms with van der Waals surface area (Å²) in [6.45, 7) is 0. The Hall–Kier alpha value is -0.680. The molecule has 13 heavy (non-hydrogen) atoms. The van der Waals surface area contributed by atoms with E-state index in [0.717, 1.165) is 6.07 Å². The van der Waals surface area contributed by atoms with Gasteiger partial charge in [0.25, 0.3) is 5.69 Å². The first-order chi connectivity index (χ1) is 6.06. The minimum absolute atomic E-state index is 0.0115. The smallest absolute Gasteiger partial charge is 0.258 e. The van der Waals surface area contributed by atoms with Gasteiger partial charge in [0.2, 0.25) is 0 Å². The van der Waals surface area contributed by atoms with Gasteiger partial charge in [-0.2, -0.15) is 0 Å². The molecule has 0 aliphatic heterocycles. The summed E-state index contributed by atoms with van der Waals surface area (Å²) in [5.41, 5.74) is -0.0643. The van der Waals surface area contributed by atoms with E-state index in [9.17, 15) is 14.5 Å². The quantitative estimate of drug-likeness (QED) is 0.469. The monoisotopic (exact) mass is 267 g/mol. The molecule has 0 saturated carbocycles. The molecule has 0 spiro atoms. The second-order valence-corrected chi connectivity index (χ2v) is 3.41. The molecule has 0 amide bonds. The van der Waals surface area contributed by atoms with Crippen LogP contribution in [0, 0.1) is 15.9 Å². The van der Waals surface area contributed by atoms with E-state index in [1.54, 1.807) is 0 Å². The number of rotatable bonds is 2. The number of nitro groups is 1. The van der Waals surface area contributed by atoms with Crippen molar-refractivity contribution in [3.8, 4) is 0 Å². The Bertz CT molecular complexity index is 359. The van der Waals surface area contributed by atoms with E-state index in [-0.39, 0.29) is 21.6 Å². The highest BCUT2D eigenvalue weighted by molar-refractivity contribution is 9.10. The van der Waals surface area contributed by atoms with Gasteiger partial charge < -0.3 is 0 Å². The summed E-state index contributed by atoms with van der Waals surface area (Å²) >= 11 is 8.36. The number of hydrogen-bond donors (Lipinski definition) is 0. The molecule has 0 atom stereocenters. The van der Waals surface area contributed by atoms with E-state index in [1.165, 1.54) is 6.07 Å². The molecular formula is C7H4BrClFNO2. The average Bonchev–Trinajstić information content (AvgIpc) is 2.07. The summed E-state index contributed by atoms with van der Waals surface area (Å²) in [7, 11) is 0. The van der Waals surface area contributed by atoms with E-state index >= 15 is 0 Å². The second kappa shape index (κ2) is 4.02. The standard InChI is InChI=1S/C7H4BrClFNO2/c8-5-1-4(3-9)6(10)2-7(5)11(12)13/h1-2H,3H2. The van der Waals surface area contributed by atoms with E-state index in [1.807, 2.05) is 0 Å². The summed E-state index contributed by atoms with van der Waals surface area (Å²) < 4.78 is 13.2. The first-order valence-electron chi connectivity index (χ1n) is 3.24. The largest absolute Gasteiger partial charge is 0.286 e. The predicted molar refractivity (Wildman–Crippen MR) is 50.3 cm³/mol. The highest BCUT2D eigenvalue weighted by atomic mass is 79.9. The van der Waals surface area contributed by atoms with Gasteiger partial charge in [-0.1, -0.05) is 0 Å². The molecule has 0 aliphatic rings. The van der Waals surface area contributed by atoms with Crippen LogP contribution in [0.15, 0.2) is 16.6 Å². The van der Waals surface area contributed by atoms with Crippen molar-refractivity contribution in [3.63, 3.8) is 0 Å². The lowest BCUT2D eigenvalue weighted by atomic mass is 10.2. The minimum atomic E-state index is -0.662. The Kier molecular flexibility index (Phi) is 3.22. The first kappa shape index (κ1) is 10.4. The van der Waals surface area contributed by atoms with Crippen LogP contribution in [0.3, 0.4) is 0 Å². The molecule has 3 nitrogen and oxygen atoms in total. The van der Waals surface area contributed by atoms with Crippen molar-refractivity contribution in [3.05, 3.63) is 38.1 Å². The molecule has 0 heterocycles. The van der Waals surface area contributed by atoms with Gasteiger partial charge in [-0.05, 0) is 22.0 Å². The SMILES string of the molecule is O=[N+]([O-])c1cc(F)c(CCl)cc1Br. The number of halogens is 3. The minimum Gasteiger partial charge on any atom is -0.258 e. The molecule has 0 bridgehead atoms. The van der Waals surface area contributed by atoms with Crippen molar-refractivity contribution in [2.45, 2.75) is 5.88 Å². The van der Waals surface area contributed by atoms with Crippen molar-refractivity contribution in [1.29, 1.82) is 0 Å². The maximum Gasteiger partial charge on any atom is 0.286 e. The third kappa shape index (κ3) is 2.16. The molecule has 1 rings (SSSR count). The van der Waals surface area contributed by atoms with Crippen molar-refractivity contribution in [1.82, 2.24) is 0 Å². The van der Waals surface area contributed by atoms with Crippen LogP contribution in [0.5, 0.6) is 0 Å². The van der Waals surface area contributed by atoms with E-state index in [2.05, 4.69) is 15.9 Å². The lowest BCUT2D eigenvalue weighted by molar-refractivity contribution is -0.385. The summed E-state index contributed by atoms with van der Waals surface area (Å²) in [4.78, 5) is 9.69. The zero-order chi connectivity index (χ0) is 10.0. The molecule has 70 valence electrons. The fourth-order valence-corrected chi connectivity index (χ4v) is 1.56. The number of alkyl halides is 1. The molecule has 6 heteroatoms. The van der Waals surface area contributed by atoms with Crippen molar-refractivity contribution in [2.24, 2.45) is 0 Å². The highest BCUT2D eigenvalue weighted by Gasteiger charge is 2.15. The molecule has 1 aromatic carbocycles. The van der Waals surface area contributed by atoms with Gasteiger partial charge in [-0.25, -0.2) is 4.39 Å². The first-order valence-corrected chi connectivity index (χ1v) is 4.57. The predicted octanol–water partition coefficient (Wildman–Crippen LogP) is 3.24. The topological polar surface area (TPSA) is 43.1 Å². The van der Waals surface area contributed by atoms with Crippen LogP contribution in [-0.4, -0.2) is 4.92 Å². The van der Waals surface area contributed by atoms with Gasteiger partial charge in [0.15, 0.2) is 0 Å². The second-order valence-electron chi connectivity index (χ2n) is 2.29. The highest BCUT2D eigenvalue weighted by Crippen LogP contribution is 2.28. The maximum atomic E-state index is 13.0. The van der Waals surface area contributed by atoms with Crippen LogP contribution >= 0.6 is 27.5 Å². The van der Waals surface area contributed by atoms with E-state index in [0.29, 0.717) is 0 Å². The van der Waals surface area contributed by atoms with Gasteiger partial charge in [-0.15, -0.1) is 11.6 Å². The molecule has 0 N–H and O–H groups in total. The van der Waals surface area contributed by atoms with Crippen LogP contribution in [0.25, 0.3) is 0 Å². The third-order valence-electron chi connectivity index (χ3n) is 1.46. The third-order valence-corrected chi connectivity index (χ3v) is 2.38. The summed E-state index contributed by atoms with van der Waals surface area (Å²) in [6, 6.07) is 2.16. The molecule has 0 aromatic heterocycles. The average molecular weight is 268 g/mol. The Morgan fingerprint density at radius 1 is 1.62 bits per heavy atom. The molecule has 0 saturated heterocycles. The summed E-state index contributed by atoms with van der Waals surface area (Å²) in [5.74, 6) is -0.674. The van der Waals surface area contributed by atoms with Crippen LogP contribution in [0.4, 0.5) is 10.1 Å². The van der Waals surface area contributed by atoms with Gasteiger partial charge in [0.1, 0.15) is 5.82 Å². The fraction of sp³-hybridized carbons (Fsp3) is 0.143. The normalized spacial score (nSPS) is 10.1. The number of nitrogens with zero attached hydrogens (tertiary/aromatic N) is 1.